The summed E-state index contributed by atoms with van der Waals surface area (Å²) in [5.41, 5.74) is 0.900. The van der Waals surface area contributed by atoms with Crippen molar-refractivity contribution in [3.63, 3.8) is 0 Å². The fourth-order valence-corrected chi connectivity index (χ4v) is 2.22. The van der Waals surface area contributed by atoms with Crippen molar-refractivity contribution in [3.8, 4) is 11.5 Å². The van der Waals surface area contributed by atoms with Crippen LogP contribution in [-0.4, -0.2) is 31.9 Å². The van der Waals surface area contributed by atoms with Crippen molar-refractivity contribution < 1.29 is 9.84 Å². The average Bonchev–Trinajstić information content (AvgIpc) is 2.87. The lowest BCUT2D eigenvalue weighted by Gasteiger charge is -2.12. The summed E-state index contributed by atoms with van der Waals surface area (Å²) in [6.07, 6.45) is 4.54. The maximum absolute atomic E-state index is 9.88. The topological polar surface area (TPSA) is 73.1 Å². The molecule has 1 aromatic heterocycles. The Hall–Kier alpha value is -2.11. The number of unbranched alkanes of at least 4 members (excludes halogenated alkanes) is 1. The summed E-state index contributed by atoms with van der Waals surface area (Å²) in [5.74, 6) is 2.00. The van der Waals surface area contributed by atoms with E-state index in [-0.39, 0.29) is 0 Å². The molecule has 0 aliphatic heterocycles. The van der Waals surface area contributed by atoms with Crippen molar-refractivity contribution in [3.05, 3.63) is 29.6 Å². The van der Waals surface area contributed by atoms with E-state index in [9.17, 15) is 5.11 Å². The van der Waals surface area contributed by atoms with Crippen molar-refractivity contribution in [2.45, 2.75) is 39.0 Å². The van der Waals surface area contributed by atoms with Crippen LogP contribution in [0.25, 0.3) is 0 Å². The SMILES string of the molecule is CCCc1c(O)cccc1OCCCCc1nnnn1C. The molecule has 0 unspecified atom stereocenters. The number of nitrogens with zero attached hydrogens (tertiary/aromatic N) is 4. The number of benzene rings is 1. The Kier molecular flexibility index (Phi) is 5.54. The maximum atomic E-state index is 9.88. The number of aryl methyl sites for hydroxylation is 2. The van der Waals surface area contributed by atoms with Crippen LogP contribution in [0.3, 0.4) is 0 Å². The summed E-state index contributed by atoms with van der Waals surface area (Å²) in [7, 11) is 1.84. The summed E-state index contributed by atoms with van der Waals surface area (Å²) in [4.78, 5) is 0. The molecular formula is C15H22N4O2. The minimum absolute atomic E-state index is 0.319. The summed E-state index contributed by atoms with van der Waals surface area (Å²) < 4.78 is 7.49. The molecular weight excluding hydrogens is 268 g/mol. The lowest BCUT2D eigenvalue weighted by Crippen LogP contribution is -2.03. The van der Waals surface area contributed by atoms with Gasteiger partial charge < -0.3 is 9.84 Å². The zero-order chi connectivity index (χ0) is 15.1. The quantitative estimate of drug-likeness (QED) is 0.755. The van der Waals surface area contributed by atoms with E-state index in [0.717, 1.165) is 49.2 Å². The summed E-state index contributed by atoms with van der Waals surface area (Å²) in [6.45, 7) is 2.72. The van der Waals surface area contributed by atoms with Crippen LogP contribution in [0.5, 0.6) is 11.5 Å². The van der Waals surface area contributed by atoms with Crippen LogP contribution < -0.4 is 4.74 Å². The van der Waals surface area contributed by atoms with Gasteiger partial charge in [-0.15, -0.1) is 5.10 Å². The van der Waals surface area contributed by atoms with Gasteiger partial charge in [-0.1, -0.05) is 19.4 Å². The number of phenolic OH excluding ortho intramolecular Hbond substituents is 1. The Balaban J connectivity index is 1.78. The predicted octanol–water partition coefficient (Wildman–Crippen LogP) is 2.27. The van der Waals surface area contributed by atoms with Crippen molar-refractivity contribution in [1.82, 2.24) is 20.2 Å². The minimum Gasteiger partial charge on any atom is -0.508 e. The highest BCUT2D eigenvalue weighted by Crippen LogP contribution is 2.28. The number of aromatic nitrogens is 4. The third-order valence-electron chi connectivity index (χ3n) is 3.37. The van der Waals surface area contributed by atoms with Gasteiger partial charge in [0.1, 0.15) is 11.5 Å². The van der Waals surface area contributed by atoms with Gasteiger partial charge in [0.05, 0.1) is 6.61 Å². The number of phenols is 1. The zero-order valence-corrected chi connectivity index (χ0v) is 12.6. The second-order valence-corrected chi connectivity index (χ2v) is 5.03. The number of hydrogen-bond donors (Lipinski definition) is 1. The van der Waals surface area contributed by atoms with Gasteiger partial charge in [0.15, 0.2) is 5.82 Å². The first kappa shape index (κ1) is 15.3. The van der Waals surface area contributed by atoms with Gasteiger partial charge >= 0.3 is 0 Å². The van der Waals surface area contributed by atoms with E-state index in [4.69, 9.17) is 4.74 Å². The minimum atomic E-state index is 0.319. The van der Waals surface area contributed by atoms with Crippen LogP contribution in [0.1, 0.15) is 37.6 Å². The molecule has 2 rings (SSSR count). The molecule has 1 N–H and O–H groups in total. The second kappa shape index (κ2) is 7.61. The average molecular weight is 290 g/mol. The largest absolute Gasteiger partial charge is 0.508 e. The highest BCUT2D eigenvalue weighted by molar-refractivity contribution is 5.43. The van der Waals surface area contributed by atoms with Gasteiger partial charge in [0, 0.05) is 19.0 Å². The van der Waals surface area contributed by atoms with E-state index in [1.165, 1.54) is 0 Å². The molecule has 0 aliphatic rings. The molecule has 0 spiro atoms. The van der Waals surface area contributed by atoms with E-state index in [0.29, 0.717) is 12.4 Å². The van der Waals surface area contributed by atoms with E-state index in [2.05, 4.69) is 22.4 Å². The Morgan fingerprint density at radius 1 is 1.24 bits per heavy atom. The Morgan fingerprint density at radius 3 is 2.81 bits per heavy atom. The van der Waals surface area contributed by atoms with E-state index < -0.39 is 0 Å². The van der Waals surface area contributed by atoms with E-state index in [1.807, 2.05) is 19.2 Å². The molecule has 0 saturated heterocycles. The van der Waals surface area contributed by atoms with Gasteiger partial charge in [-0.05, 0) is 41.8 Å². The number of hydrogen-bond acceptors (Lipinski definition) is 5. The van der Waals surface area contributed by atoms with E-state index in [1.54, 1.807) is 10.7 Å². The normalized spacial score (nSPS) is 10.8. The molecule has 0 aliphatic carbocycles. The van der Waals surface area contributed by atoms with Crippen LogP contribution in [-0.2, 0) is 19.9 Å². The first-order valence-electron chi connectivity index (χ1n) is 7.37. The maximum Gasteiger partial charge on any atom is 0.150 e. The Bertz CT molecular complexity index is 569. The monoisotopic (exact) mass is 290 g/mol. The molecule has 0 atom stereocenters. The van der Waals surface area contributed by atoms with Gasteiger partial charge in [-0.2, -0.15) is 0 Å². The van der Waals surface area contributed by atoms with Crippen molar-refractivity contribution in [2.24, 2.45) is 7.05 Å². The number of ether oxygens (including phenoxy) is 1. The molecule has 6 heteroatoms. The molecule has 0 amide bonds. The Labute approximate surface area is 124 Å². The van der Waals surface area contributed by atoms with Crippen LogP contribution >= 0.6 is 0 Å². The van der Waals surface area contributed by atoms with Gasteiger partial charge in [0.25, 0.3) is 0 Å². The van der Waals surface area contributed by atoms with Crippen LogP contribution in [0.4, 0.5) is 0 Å². The molecule has 2 aromatic rings. The number of tetrazole rings is 1. The highest BCUT2D eigenvalue weighted by Gasteiger charge is 2.08. The lowest BCUT2D eigenvalue weighted by molar-refractivity contribution is 0.300. The van der Waals surface area contributed by atoms with Crippen LogP contribution in [0, 0.1) is 0 Å². The smallest absolute Gasteiger partial charge is 0.150 e. The number of aromatic hydroxyl groups is 1. The van der Waals surface area contributed by atoms with Crippen LogP contribution in [0.2, 0.25) is 0 Å². The second-order valence-electron chi connectivity index (χ2n) is 5.03. The van der Waals surface area contributed by atoms with E-state index >= 15 is 0 Å². The summed E-state index contributed by atoms with van der Waals surface area (Å²) in [5, 5.41) is 21.2. The standard InChI is InChI=1S/C15H22N4O2/c1-3-7-12-13(20)8-6-9-14(12)21-11-5-4-10-15-16-17-18-19(15)2/h6,8-9,20H,3-5,7,10-11H2,1-2H3. The fourth-order valence-electron chi connectivity index (χ4n) is 2.22. The number of rotatable bonds is 8. The molecule has 0 saturated carbocycles. The molecule has 0 fully saturated rings. The van der Waals surface area contributed by atoms with Crippen molar-refractivity contribution >= 4 is 0 Å². The highest BCUT2D eigenvalue weighted by atomic mass is 16.5. The molecule has 0 bridgehead atoms. The Morgan fingerprint density at radius 2 is 2.10 bits per heavy atom. The van der Waals surface area contributed by atoms with Crippen LogP contribution in [0.15, 0.2) is 18.2 Å². The zero-order valence-electron chi connectivity index (χ0n) is 12.6. The molecule has 114 valence electrons. The third kappa shape index (κ3) is 4.18. The van der Waals surface area contributed by atoms with Gasteiger partial charge in [-0.3, -0.25) is 0 Å². The van der Waals surface area contributed by atoms with Crippen molar-refractivity contribution in [2.75, 3.05) is 6.61 Å². The fraction of sp³-hybridized carbons (Fsp3) is 0.533. The van der Waals surface area contributed by atoms with Gasteiger partial charge in [0.2, 0.25) is 0 Å². The molecule has 21 heavy (non-hydrogen) atoms. The lowest BCUT2D eigenvalue weighted by atomic mass is 10.1. The third-order valence-corrected chi connectivity index (χ3v) is 3.37. The summed E-state index contributed by atoms with van der Waals surface area (Å²) in [6, 6.07) is 5.44. The molecule has 6 nitrogen and oxygen atoms in total. The first-order valence-corrected chi connectivity index (χ1v) is 7.37. The first-order chi connectivity index (χ1) is 10.2. The van der Waals surface area contributed by atoms with Gasteiger partial charge in [-0.25, -0.2) is 4.68 Å². The predicted molar refractivity (Wildman–Crippen MR) is 79.3 cm³/mol. The molecule has 1 aromatic carbocycles. The molecule has 0 radical (unpaired) electrons. The van der Waals surface area contributed by atoms with Crippen molar-refractivity contribution in [1.29, 1.82) is 0 Å². The summed E-state index contributed by atoms with van der Waals surface area (Å²) >= 11 is 0. The molecule has 1 heterocycles.